The second kappa shape index (κ2) is 8.05. The maximum Gasteiger partial charge on any atom is 0.325 e. The van der Waals surface area contributed by atoms with E-state index in [0.29, 0.717) is 19.8 Å². The molecule has 0 heterocycles. The molecule has 0 saturated carbocycles. The third-order valence-corrected chi connectivity index (χ3v) is 1.60. The molecule has 0 saturated heterocycles. The van der Waals surface area contributed by atoms with E-state index in [-0.39, 0.29) is 12.6 Å². The second-order valence-corrected chi connectivity index (χ2v) is 2.89. The van der Waals surface area contributed by atoms with E-state index in [1.54, 1.807) is 14.0 Å². The van der Waals surface area contributed by atoms with E-state index >= 15 is 0 Å². The summed E-state index contributed by atoms with van der Waals surface area (Å²) in [4.78, 5) is 23.6. The number of nitrogens with zero attached hydrogens (tertiary/aromatic N) is 1. The summed E-state index contributed by atoms with van der Waals surface area (Å²) in [6, 6.07) is -0.319. The minimum Gasteiger partial charge on any atom is -0.465 e. The molecule has 6 nitrogen and oxygen atoms in total. The smallest absolute Gasteiger partial charge is 0.325 e. The molecule has 0 aromatic heterocycles. The van der Waals surface area contributed by atoms with Crippen molar-refractivity contribution in [3.63, 3.8) is 0 Å². The molecule has 0 atom stereocenters. The zero-order valence-electron chi connectivity index (χ0n) is 9.41. The Kier molecular flexibility index (Phi) is 7.35. The Labute approximate surface area is 89.5 Å². The van der Waals surface area contributed by atoms with Gasteiger partial charge in [-0.05, 0) is 6.92 Å². The number of methoxy groups -OCH3 is 1. The minimum absolute atomic E-state index is 0.0490. The molecule has 1 N–H and O–H groups in total. The van der Waals surface area contributed by atoms with Gasteiger partial charge in [0.25, 0.3) is 0 Å². The summed E-state index contributed by atoms with van der Waals surface area (Å²) >= 11 is 0. The van der Waals surface area contributed by atoms with Gasteiger partial charge in [-0.2, -0.15) is 0 Å². The highest BCUT2D eigenvalue weighted by Crippen LogP contribution is 1.87. The van der Waals surface area contributed by atoms with Gasteiger partial charge in [0, 0.05) is 20.7 Å². The molecule has 0 unspecified atom stereocenters. The van der Waals surface area contributed by atoms with Crippen LogP contribution in [0.5, 0.6) is 0 Å². The summed E-state index contributed by atoms with van der Waals surface area (Å²) in [5.74, 6) is -0.415. The highest BCUT2D eigenvalue weighted by molar-refractivity contribution is 5.80. The third kappa shape index (κ3) is 6.73. The van der Waals surface area contributed by atoms with Crippen molar-refractivity contribution in [1.29, 1.82) is 0 Å². The first-order valence-electron chi connectivity index (χ1n) is 4.75. The number of nitrogens with one attached hydrogen (secondary N) is 1. The maximum atomic E-state index is 11.3. The Morgan fingerprint density at radius 3 is 2.60 bits per heavy atom. The van der Waals surface area contributed by atoms with Crippen LogP contribution in [0.4, 0.5) is 4.79 Å². The number of urea groups is 1. The van der Waals surface area contributed by atoms with Gasteiger partial charge >= 0.3 is 12.0 Å². The molecular weight excluding hydrogens is 200 g/mol. The normalized spacial score (nSPS) is 9.53. The van der Waals surface area contributed by atoms with Gasteiger partial charge in [0.15, 0.2) is 0 Å². The average Bonchev–Trinajstić information content (AvgIpc) is 2.18. The molecule has 0 radical (unpaired) electrons. The van der Waals surface area contributed by atoms with Crippen molar-refractivity contribution in [1.82, 2.24) is 10.2 Å². The van der Waals surface area contributed by atoms with E-state index in [1.807, 2.05) is 0 Å². The van der Waals surface area contributed by atoms with Crippen molar-refractivity contribution in [2.75, 3.05) is 40.5 Å². The van der Waals surface area contributed by atoms with Crippen LogP contribution in [0.3, 0.4) is 0 Å². The van der Waals surface area contributed by atoms with Crippen molar-refractivity contribution in [2.45, 2.75) is 6.92 Å². The SMILES string of the molecule is CCOC(=O)CN(C)C(=O)NCCOC. The molecule has 0 rings (SSSR count). The maximum absolute atomic E-state index is 11.3. The monoisotopic (exact) mass is 218 g/mol. The van der Waals surface area contributed by atoms with E-state index in [0.717, 1.165) is 0 Å². The molecule has 15 heavy (non-hydrogen) atoms. The minimum atomic E-state index is -0.415. The number of esters is 1. The fourth-order valence-corrected chi connectivity index (χ4v) is 0.867. The molecule has 0 spiro atoms. The van der Waals surface area contributed by atoms with Crippen LogP contribution in [-0.4, -0.2) is 57.4 Å². The standard InChI is InChI=1S/C9H18N2O4/c1-4-15-8(12)7-11(2)9(13)10-5-6-14-3/h4-7H2,1-3H3,(H,10,13). The van der Waals surface area contributed by atoms with Crippen molar-refractivity contribution >= 4 is 12.0 Å². The number of likely N-dealkylation sites (N-methyl/N-ethyl adjacent to an activating group) is 1. The van der Waals surface area contributed by atoms with Crippen LogP contribution in [0.1, 0.15) is 6.92 Å². The predicted octanol–water partition coefficient (Wildman–Crippen LogP) is -0.163. The summed E-state index contributed by atoms with van der Waals surface area (Å²) in [6.45, 7) is 2.85. The van der Waals surface area contributed by atoms with Crippen molar-refractivity contribution in [3.8, 4) is 0 Å². The van der Waals surface area contributed by atoms with Gasteiger partial charge in [0.05, 0.1) is 13.2 Å². The first-order valence-corrected chi connectivity index (χ1v) is 4.75. The van der Waals surface area contributed by atoms with Gasteiger partial charge in [-0.1, -0.05) is 0 Å². The van der Waals surface area contributed by atoms with E-state index in [2.05, 4.69) is 5.32 Å². The lowest BCUT2D eigenvalue weighted by Crippen LogP contribution is -2.41. The summed E-state index contributed by atoms with van der Waals surface area (Å²) in [5, 5.41) is 2.59. The molecule has 0 aliphatic rings. The first kappa shape index (κ1) is 13.7. The first-order chi connectivity index (χ1) is 7.11. The molecular formula is C9H18N2O4. The Morgan fingerprint density at radius 2 is 2.07 bits per heavy atom. The van der Waals surface area contributed by atoms with Crippen LogP contribution in [0.15, 0.2) is 0 Å². The van der Waals surface area contributed by atoms with Crippen LogP contribution < -0.4 is 5.32 Å². The summed E-state index contributed by atoms with van der Waals surface area (Å²) in [7, 11) is 3.08. The van der Waals surface area contributed by atoms with E-state index < -0.39 is 5.97 Å². The zero-order chi connectivity index (χ0) is 11.7. The predicted molar refractivity (Wildman–Crippen MR) is 54.5 cm³/mol. The molecule has 6 heteroatoms. The summed E-state index contributed by atoms with van der Waals surface area (Å²) in [6.07, 6.45) is 0. The fraction of sp³-hybridized carbons (Fsp3) is 0.778. The lowest BCUT2D eigenvalue weighted by Gasteiger charge is -2.16. The van der Waals surface area contributed by atoms with Crippen molar-refractivity contribution in [2.24, 2.45) is 0 Å². The van der Waals surface area contributed by atoms with Crippen molar-refractivity contribution < 1.29 is 19.1 Å². The molecule has 0 aliphatic heterocycles. The van der Waals surface area contributed by atoms with E-state index in [9.17, 15) is 9.59 Å². The van der Waals surface area contributed by atoms with Gasteiger partial charge in [-0.3, -0.25) is 4.79 Å². The highest BCUT2D eigenvalue weighted by Gasteiger charge is 2.12. The lowest BCUT2D eigenvalue weighted by atomic mass is 10.5. The second-order valence-electron chi connectivity index (χ2n) is 2.89. The number of rotatable bonds is 6. The van der Waals surface area contributed by atoms with Crippen LogP contribution in [0.2, 0.25) is 0 Å². The van der Waals surface area contributed by atoms with E-state index in [4.69, 9.17) is 9.47 Å². The molecule has 2 amide bonds. The highest BCUT2D eigenvalue weighted by atomic mass is 16.5. The van der Waals surface area contributed by atoms with Crippen LogP contribution in [0, 0.1) is 0 Å². The molecule has 0 bridgehead atoms. The number of carbonyl (C=O) groups is 2. The molecule has 0 aromatic carbocycles. The number of hydrogen-bond acceptors (Lipinski definition) is 4. The average molecular weight is 218 g/mol. The van der Waals surface area contributed by atoms with Crippen molar-refractivity contribution in [3.05, 3.63) is 0 Å². The summed E-state index contributed by atoms with van der Waals surface area (Å²) < 4.78 is 9.47. The van der Waals surface area contributed by atoms with Gasteiger partial charge in [0.1, 0.15) is 6.54 Å². The zero-order valence-corrected chi connectivity index (χ0v) is 9.41. The lowest BCUT2D eigenvalue weighted by molar-refractivity contribution is -0.143. The van der Waals surface area contributed by atoms with Crippen LogP contribution in [-0.2, 0) is 14.3 Å². The molecule has 0 fully saturated rings. The molecule has 0 aromatic rings. The number of amides is 2. The Balaban J connectivity index is 3.73. The number of carbonyl (C=O) groups excluding carboxylic acids is 2. The van der Waals surface area contributed by atoms with Crippen LogP contribution >= 0.6 is 0 Å². The fourth-order valence-electron chi connectivity index (χ4n) is 0.867. The summed E-state index contributed by atoms with van der Waals surface area (Å²) in [5.41, 5.74) is 0. The number of hydrogen-bond donors (Lipinski definition) is 1. The van der Waals surface area contributed by atoms with E-state index in [1.165, 1.54) is 11.9 Å². The third-order valence-electron chi connectivity index (χ3n) is 1.60. The Hall–Kier alpha value is -1.30. The topological polar surface area (TPSA) is 67.9 Å². The van der Waals surface area contributed by atoms with Gasteiger partial charge < -0.3 is 19.7 Å². The number of ether oxygens (including phenoxy) is 2. The van der Waals surface area contributed by atoms with Gasteiger partial charge in [0.2, 0.25) is 0 Å². The quantitative estimate of drug-likeness (QED) is 0.497. The Morgan fingerprint density at radius 1 is 1.40 bits per heavy atom. The molecule has 0 aliphatic carbocycles. The van der Waals surface area contributed by atoms with Gasteiger partial charge in [-0.15, -0.1) is 0 Å². The Bertz CT molecular complexity index is 208. The largest absolute Gasteiger partial charge is 0.465 e. The van der Waals surface area contributed by atoms with Gasteiger partial charge in [-0.25, -0.2) is 4.79 Å². The van der Waals surface area contributed by atoms with Crippen LogP contribution in [0.25, 0.3) is 0 Å². The molecule has 88 valence electrons.